The molecule has 0 atom stereocenters. The van der Waals surface area contributed by atoms with E-state index in [0.717, 1.165) is 17.1 Å². The van der Waals surface area contributed by atoms with Gasteiger partial charge in [-0.05, 0) is 139 Å². The van der Waals surface area contributed by atoms with Crippen LogP contribution < -0.4 is 4.90 Å². The van der Waals surface area contributed by atoms with Crippen LogP contribution in [0.25, 0.3) is 84.9 Å². The van der Waals surface area contributed by atoms with Crippen molar-refractivity contribution in [2.45, 2.75) is 24.7 Å². The molecule has 2 heterocycles. The second kappa shape index (κ2) is 16.1. The number of hydrogen-bond donors (Lipinski definition) is 0. The molecular formula is C70H47NS2. The average Bonchev–Trinajstić information content (AvgIpc) is 4.17. The summed E-state index contributed by atoms with van der Waals surface area (Å²) in [6.45, 7) is 4.83. The van der Waals surface area contributed by atoms with E-state index >= 15 is 0 Å². The van der Waals surface area contributed by atoms with E-state index in [1.807, 2.05) is 22.7 Å². The maximum atomic E-state index is 2.51. The molecule has 0 saturated carbocycles. The molecule has 15 rings (SSSR count). The van der Waals surface area contributed by atoms with Crippen LogP contribution in [0, 0.1) is 0 Å². The highest BCUT2D eigenvalue weighted by Crippen LogP contribution is 2.58. The monoisotopic (exact) mass is 965 g/mol. The lowest BCUT2D eigenvalue weighted by molar-refractivity contribution is 0.667. The van der Waals surface area contributed by atoms with Crippen molar-refractivity contribution in [3.05, 3.63) is 282 Å². The molecule has 0 saturated heterocycles. The van der Waals surface area contributed by atoms with E-state index in [1.54, 1.807) is 0 Å². The molecule has 1 nitrogen and oxygen atoms in total. The summed E-state index contributed by atoms with van der Waals surface area (Å²) in [5, 5.41) is 5.31. The van der Waals surface area contributed by atoms with Gasteiger partial charge < -0.3 is 4.90 Å². The number of nitrogens with zero attached hydrogens (tertiary/aromatic N) is 1. The molecule has 11 aromatic carbocycles. The topological polar surface area (TPSA) is 3.24 Å². The first-order valence-corrected chi connectivity index (χ1v) is 26.9. The normalized spacial score (nSPS) is 13.8. The fourth-order valence-corrected chi connectivity index (χ4v) is 15.3. The van der Waals surface area contributed by atoms with Crippen LogP contribution in [0.2, 0.25) is 0 Å². The van der Waals surface area contributed by atoms with Crippen molar-refractivity contribution in [3.8, 4) is 44.5 Å². The molecule has 0 N–H and O–H groups in total. The second-order valence-corrected chi connectivity index (χ2v) is 22.5. The Morgan fingerprint density at radius 2 is 0.890 bits per heavy atom. The van der Waals surface area contributed by atoms with Crippen LogP contribution in [0.5, 0.6) is 0 Å². The Kier molecular flexibility index (Phi) is 9.33. The SMILES string of the molecule is CC1(C)c2ccccc2-c2ccc3sc4ccc(-c5cc(N(c6cccc(-c7ccccc7)c6)c6cccc(C7(c8ccccc8)c8ccccc8-c8ccccc87)c6)cc6sc7ccccc7c56)cc4c3c21. The Hall–Kier alpha value is -8.34. The molecule has 0 spiro atoms. The predicted octanol–water partition coefficient (Wildman–Crippen LogP) is 19.9. The third kappa shape index (κ3) is 6.19. The van der Waals surface area contributed by atoms with Crippen LogP contribution in [-0.2, 0) is 10.8 Å². The molecule has 0 radical (unpaired) electrons. The third-order valence-electron chi connectivity index (χ3n) is 16.1. The largest absolute Gasteiger partial charge is 0.310 e. The van der Waals surface area contributed by atoms with Crippen LogP contribution >= 0.6 is 22.7 Å². The Morgan fingerprint density at radius 3 is 1.66 bits per heavy atom. The van der Waals surface area contributed by atoms with Gasteiger partial charge in [-0.1, -0.05) is 202 Å². The maximum absolute atomic E-state index is 2.51. The summed E-state index contributed by atoms with van der Waals surface area (Å²) < 4.78 is 5.22. The zero-order chi connectivity index (χ0) is 48.4. The highest BCUT2D eigenvalue weighted by atomic mass is 32.1. The van der Waals surface area contributed by atoms with Crippen molar-refractivity contribution in [2.24, 2.45) is 0 Å². The Balaban J connectivity index is 0.995. The number of benzene rings is 11. The van der Waals surface area contributed by atoms with Gasteiger partial charge in [0.25, 0.3) is 0 Å². The van der Waals surface area contributed by atoms with Gasteiger partial charge in [0.05, 0.1) is 5.41 Å². The van der Waals surface area contributed by atoms with Gasteiger partial charge in [0, 0.05) is 62.8 Å². The van der Waals surface area contributed by atoms with E-state index in [-0.39, 0.29) is 5.41 Å². The van der Waals surface area contributed by atoms with E-state index in [9.17, 15) is 0 Å². The second-order valence-electron chi connectivity index (χ2n) is 20.3. The van der Waals surface area contributed by atoms with Crippen LogP contribution in [0.3, 0.4) is 0 Å². The van der Waals surface area contributed by atoms with Gasteiger partial charge >= 0.3 is 0 Å². The molecule has 0 fully saturated rings. The van der Waals surface area contributed by atoms with Crippen LogP contribution in [0.4, 0.5) is 17.1 Å². The fraction of sp³-hybridized carbons (Fsp3) is 0.0571. The fourth-order valence-electron chi connectivity index (χ4n) is 13.0. The Bertz CT molecular complexity index is 4320. The van der Waals surface area contributed by atoms with Crippen LogP contribution in [-0.4, -0.2) is 0 Å². The lowest BCUT2D eigenvalue weighted by Gasteiger charge is -2.35. The van der Waals surface area contributed by atoms with Crippen molar-refractivity contribution in [1.29, 1.82) is 0 Å². The zero-order valence-electron chi connectivity index (χ0n) is 40.4. The average molecular weight is 966 g/mol. The lowest BCUT2D eigenvalue weighted by atomic mass is 9.67. The number of rotatable bonds is 7. The van der Waals surface area contributed by atoms with Gasteiger partial charge in [-0.15, -0.1) is 22.7 Å². The quantitative estimate of drug-likeness (QED) is 0.154. The first-order chi connectivity index (χ1) is 35.9. The molecule has 0 aliphatic heterocycles. The maximum Gasteiger partial charge on any atom is 0.0714 e. The summed E-state index contributed by atoms with van der Waals surface area (Å²) in [6, 6.07) is 93.4. The number of fused-ring (bicyclic) bond motifs is 13. The summed E-state index contributed by atoms with van der Waals surface area (Å²) in [4.78, 5) is 2.51. The molecule has 13 aromatic rings. The molecule has 0 amide bonds. The summed E-state index contributed by atoms with van der Waals surface area (Å²) in [7, 11) is 0. The van der Waals surface area contributed by atoms with Crippen molar-refractivity contribution < 1.29 is 0 Å². The van der Waals surface area contributed by atoms with Crippen molar-refractivity contribution in [3.63, 3.8) is 0 Å². The van der Waals surface area contributed by atoms with Crippen molar-refractivity contribution >= 4 is 80.1 Å². The van der Waals surface area contributed by atoms with Gasteiger partial charge in [-0.2, -0.15) is 0 Å². The van der Waals surface area contributed by atoms with E-state index in [4.69, 9.17) is 0 Å². The van der Waals surface area contributed by atoms with E-state index in [0.29, 0.717) is 0 Å². The smallest absolute Gasteiger partial charge is 0.0714 e. The minimum absolute atomic E-state index is 0.128. The standard InChI is InChI=1S/C70H47NS2/c1-69(2)59-31-13-9-29-54(59)55-36-38-64-67(68(55)69)58-40-46(35-37-63(58)72-64)57-42-51(43-65-66(57)56-30-12-16-34-62(56)73-65)71(49-25-17-21-45(39-49)44-19-5-3-6-20-44)50-26-18-24-48(41-50)70(47-22-7-4-8-23-47)60-32-14-10-27-52(60)53-28-11-15-33-61(53)70/h3-43H,1-2H3. The van der Waals surface area contributed by atoms with Gasteiger partial charge in [0.15, 0.2) is 0 Å². The summed E-state index contributed by atoms with van der Waals surface area (Å²) in [6.07, 6.45) is 0. The number of hydrogen-bond acceptors (Lipinski definition) is 3. The molecule has 2 aromatic heterocycles. The minimum Gasteiger partial charge on any atom is -0.310 e. The highest BCUT2D eigenvalue weighted by Gasteiger charge is 2.46. The van der Waals surface area contributed by atoms with Crippen LogP contribution in [0.15, 0.2) is 249 Å². The summed E-state index contributed by atoms with van der Waals surface area (Å²) in [5.74, 6) is 0. The third-order valence-corrected chi connectivity index (χ3v) is 18.3. The number of thiophene rings is 2. The zero-order valence-corrected chi connectivity index (χ0v) is 42.1. The molecular weight excluding hydrogens is 919 g/mol. The summed E-state index contributed by atoms with van der Waals surface area (Å²) in [5.41, 5.74) is 20.7. The Labute approximate surface area is 433 Å². The van der Waals surface area contributed by atoms with E-state index in [1.165, 1.54) is 118 Å². The van der Waals surface area contributed by atoms with Crippen molar-refractivity contribution in [1.82, 2.24) is 0 Å². The van der Waals surface area contributed by atoms with Gasteiger partial charge in [0.2, 0.25) is 0 Å². The highest BCUT2D eigenvalue weighted by molar-refractivity contribution is 7.26. The van der Waals surface area contributed by atoms with Gasteiger partial charge in [-0.25, -0.2) is 0 Å². The summed E-state index contributed by atoms with van der Waals surface area (Å²) >= 11 is 3.81. The molecule has 0 bridgehead atoms. The first-order valence-electron chi connectivity index (χ1n) is 25.3. The van der Waals surface area contributed by atoms with E-state index in [2.05, 4.69) is 267 Å². The lowest BCUT2D eigenvalue weighted by Crippen LogP contribution is -2.28. The molecule has 73 heavy (non-hydrogen) atoms. The predicted molar refractivity (Wildman–Crippen MR) is 313 cm³/mol. The van der Waals surface area contributed by atoms with Gasteiger partial charge in [-0.3, -0.25) is 0 Å². The molecule has 0 unspecified atom stereocenters. The van der Waals surface area contributed by atoms with Crippen molar-refractivity contribution in [2.75, 3.05) is 4.90 Å². The molecule has 2 aliphatic rings. The molecule has 3 heteroatoms. The first kappa shape index (κ1) is 42.4. The number of anilines is 3. The molecule has 344 valence electrons. The molecule has 2 aliphatic carbocycles. The van der Waals surface area contributed by atoms with E-state index < -0.39 is 5.41 Å². The Morgan fingerprint density at radius 1 is 0.315 bits per heavy atom. The van der Waals surface area contributed by atoms with Crippen LogP contribution in [0.1, 0.15) is 47.2 Å². The minimum atomic E-state index is -0.544. The van der Waals surface area contributed by atoms with Gasteiger partial charge in [0.1, 0.15) is 0 Å².